The number of carbonyl (C=O) groups excluding carboxylic acids is 1. The Morgan fingerprint density at radius 2 is 0.920 bits per heavy atom. The zero-order valence-corrected chi connectivity index (χ0v) is 33.2. The first kappa shape index (κ1) is 49.0. The van der Waals surface area contributed by atoms with E-state index in [-0.39, 0.29) is 13.0 Å². The summed E-state index contributed by atoms with van der Waals surface area (Å²) in [6.07, 6.45) is 34.3. The number of hydrogen-bond donors (Lipinski definition) is 3. The van der Waals surface area contributed by atoms with Gasteiger partial charge in [-0.15, -0.1) is 0 Å². The Kier molecular flexibility index (Phi) is 35.6. The largest absolute Gasteiger partial charge is 0.480 e. The standard InChI is InChI=1S/C39H78NO9P/c1-3-5-7-9-11-13-15-17-18-20-22-24-26-28-30-32-46-33-36(34-47-50(44,45)48-35-37(40)39(42)43)49-38(41)31-29-27-25-23-21-19-16-14-12-10-8-6-4-2/h36-37H,3-35,40H2,1-2H3,(H,42,43)(H,44,45). The molecule has 3 unspecified atom stereocenters. The lowest BCUT2D eigenvalue weighted by Crippen LogP contribution is -2.34. The lowest BCUT2D eigenvalue weighted by atomic mass is 10.0. The molecule has 0 heterocycles. The lowest BCUT2D eigenvalue weighted by Gasteiger charge is -2.20. The minimum atomic E-state index is -4.60. The van der Waals surface area contributed by atoms with Crippen molar-refractivity contribution in [2.45, 2.75) is 212 Å². The van der Waals surface area contributed by atoms with Crippen LogP contribution in [0.4, 0.5) is 0 Å². The van der Waals surface area contributed by atoms with Crippen LogP contribution >= 0.6 is 7.82 Å². The molecule has 0 spiro atoms. The number of aliphatic carboxylic acids is 1. The van der Waals surface area contributed by atoms with E-state index in [2.05, 4.69) is 13.8 Å². The third-order valence-corrected chi connectivity index (χ3v) is 10.1. The second-order valence-electron chi connectivity index (χ2n) is 14.1. The quantitative estimate of drug-likeness (QED) is 0.0314. The molecular formula is C39H78NO9P. The monoisotopic (exact) mass is 736 g/mol. The Bertz CT molecular complexity index is 816. The van der Waals surface area contributed by atoms with E-state index in [4.69, 9.17) is 29.4 Å². The molecule has 0 aliphatic rings. The zero-order chi connectivity index (χ0) is 37.0. The molecule has 0 aromatic rings. The van der Waals surface area contributed by atoms with Gasteiger partial charge in [0.25, 0.3) is 0 Å². The Balaban J connectivity index is 4.22. The van der Waals surface area contributed by atoms with Gasteiger partial charge in [-0.2, -0.15) is 0 Å². The van der Waals surface area contributed by atoms with Crippen LogP contribution in [-0.4, -0.2) is 60.5 Å². The maximum atomic E-state index is 12.6. The molecule has 0 aromatic heterocycles. The molecule has 0 aromatic carbocycles. The molecule has 0 saturated carbocycles. The summed E-state index contributed by atoms with van der Waals surface area (Å²) in [6.45, 7) is 3.91. The number of phosphoric ester groups is 1. The van der Waals surface area contributed by atoms with Crippen LogP contribution in [0.15, 0.2) is 0 Å². The number of hydrogen-bond acceptors (Lipinski definition) is 8. The molecule has 50 heavy (non-hydrogen) atoms. The van der Waals surface area contributed by atoms with Crippen molar-refractivity contribution in [3.8, 4) is 0 Å². The summed E-state index contributed by atoms with van der Waals surface area (Å²) >= 11 is 0. The third-order valence-electron chi connectivity index (χ3n) is 9.14. The molecule has 0 aliphatic carbocycles. The lowest BCUT2D eigenvalue weighted by molar-refractivity contribution is -0.154. The van der Waals surface area contributed by atoms with E-state index in [0.29, 0.717) is 6.61 Å². The minimum Gasteiger partial charge on any atom is -0.480 e. The van der Waals surface area contributed by atoms with Gasteiger partial charge < -0.3 is 25.2 Å². The highest BCUT2D eigenvalue weighted by atomic mass is 31.2. The van der Waals surface area contributed by atoms with Crippen molar-refractivity contribution in [1.29, 1.82) is 0 Å². The fourth-order valence-electron chi connectivity index (χ4n) is 5.90. The highest BCUT2D eigenvalue weighted by Gasteiger charge is 2.27. The summed E-state index contributed by atoms with van der Waals surface area (Å²) in [5.41, 5.74) is 5.34. The van der Waals surface area contributed by atoms with Gasteiger partial charge in [-0.05, 0) is 12.8 Å². The van der Waals surface area contributed by atoms with Crippen molar-refractivity contribution in [2.24, 2.45) is 5.73 Å². The summed E-state index contributed by atoms with van der Waals surface area (Å²) in [4.78, 5) is 33.4. The molecule has 0 aliphatic heterocycles. The van der Waals surface area contributed by atoms with Gasteiger partial charge in [0, 0.05) is 13.0 Å². The van der Waals surface area contributed by atoms with Crippen molar-refractivity contribution in [3.05, 3.63) is 0 Å². The number of unbranched alkanes of at least 4 members (excludes halogenated alkanes) is 26. The van der Waals surface area contributed by atoms with Gasteiger partial charge in [0.15, 0.2) is 0 Å². The number of nitrogens with two attached hydrogens (primary N) is 1. The van der Waals surface area contributed by atoms with Crippen LogP contribution in [0.2, 0.25) is 0 Å². The molecular weight excluding hydrogens is 657 g/mol. The highest BCUT2D eigenvalue weighted by Crippen LogP contribution is 2.43. The van der Waals surface area contributed by atoms with Gasteiger partial charge in [0.05, 0.1) is 19.8 Å². The molecule has 11 heteroatoms. The number of carbonyl (C=O) groups is 2. The fraction of sp³-hybridized carbons (Fsp3) is 0.949. The number of carboxylic acids is 1. The fourth-order valence-corrected chi connectivity index (χ4v) is 6.68. The number of ether oxygens (including phenoxy) is 2. The van der Waals surface area contributed by atoms with Crippen molar-refractivity contribution in [3.63, 3.8) is 0 Å². The van der Waals surface area contributed by atoms with E-state index in [1.807, 2.05) is 0 Å². The normalized spacial score (nSPS) is 14.0. The Morgan fingerprint density at radius 3 is 1.32 bits per heavy atom. The summed E-state index contributed by atoms with van der Waals surface area (Å²) in [7, 11) is -4.60. The SMILES string of the molecule is CCCCCCCCCCCCCCCCCOCC(COP(=O)(O)OCC(N)C(=O)O)OC(=O)CCCCCCCCCCCCCCC. The summed E-state index contributed by atoms with van der Waals surface area (Å²) in [6, 6.07) is -1.47. The average Bonchev–Trinajstić information content (AvgIpc) is 3.09. The van der Waals surface area contributed by atoms with Crippen LogP contribution in [0, 0.1) is 0 Å². The van der Waals surface area contributed by atoms with Gasteiger partial charge in [0.2, 0.25) is 0 Å². The average molecular weight is 736 g/mol. The molecule has 0 saturated heterocycles. The van der Waals surface area contributed by atoms with Crippen molar-refractivity contribution in [2.75, 3.05) is 26.4 Å². The summed E-state index contributed by atoms with van der Waals surface area (Å²) in [5, 5.41) is 8.87. The second kappa shape index (κ2) is 36.3. The first-order chi connectivity index (χ1) is 24.2. The number of rotatable bonds is 40. The van der Waals surface area contributed by atoms with Crippen molar-refractivity contribution >= 4 is 19.8 Å². The van der Waals surface area contributed by atoms with Crippen LogP contribution in [0.3, 0.4) is 0 Å². The first-order valence-electron chi connectivity index (χ1n) is 20.6. The smallest absolute Gasteiger partial charge is 0.472 e. The van der Waals surface area contributed by atoms with E-state index in [9.17, 15) is 19.0 Å². The van der Waals surface area contributed by atoms with E-state index in [1.54, 1.807) is 0 Å². The Labute approximate surface area is 306 Å². The highest BCUT2D eigenvalue weighted by molar-refractivity contribution is 7.47. The van der Waals surface area contributed by atoms with Crippen LogP contribution in [0.1, 0.15) is 200 Å². The summed E-state index contributed by atoms with van der Waals surface area (Å²) in [5.74, 6) is -1.77. The Hall–Kier alpha value is -1.03. The predicted octanol–water partition coefficient (Wildman–Crippen LogP) is 10.8. The van der Waals surface area contributed by atoms with Gasteiger partial charge in [-0.1, -0.05) is 181 Å². The topological polar surface area (TPSA) is 155 Å². The summed E-state index contributed by atoms with van der Waals surface area (Å²) < 4.78 is 33.3. The molecule has 4 N–H and O–H groups in total. The molecule has 0 radical (unpaired) electrons. The van der Waals surface area contributed by atoms with Crippen molar-refractivity contribution < 1.29 is 42.7 Å². The van der Waals surface area contributed by atoms with Crippen LogP contribution in [-0.2, 0) is 32.7 Å². The van der Waals surface area contributed by atoms with Crippen LogP contribution in [0.25, 0.3) is 0 Å². The third kappa shape index (κ3) is 35.4. The zero-order valence-electron chi connectivity index (χ0n) is 32.3. The van der Waals surface area contributed by atoms with Gasteiger partial charge in [-0.25, -0.2) is 4.57 Å². The molecule has 3 atom stereocenters. The molecule has 0 amide bonds. The van der Waals surface area contributed by atoms with Gasteiger partial charge in [-0.3, -0.25) is 18.6 Å². The van der Waals surface area contributed by atoms with Gasteiger partial charge >= 0.3 is 19.8 Å². The van der Waals surface area contributed by atoms with Crippen LogP contribution in [0.5, 0.6) is 0 Å². The minimum absolute atomic E-state index is 0.0254. The molecule has 0 fully saturated rings. The van der Waals surface area contributed by atoms with E-state index in [1.165, 1.54) is 141 Å². The van der Waals surface area contributed by atoms with Crippen LogP contribution < -0.4 is 5.73 Å². The first-order valence-corrected chi connectivity index (χ1v) is 22.1. The maximum absolute atomic E-state index is 12.6. The van der Waals surface area contributed by atoms with Crippen molar-refractivity contribution in [1.82, 2.24) is 0 Å². The maximum Gasteiger partial charge on any atom is 0.472 e. The number of esters is 1. The molecule has 0 rings (SSSR count). The Morgan fingerprint density at radius 1 is 0.560 bits per heavy atom. The second-order valence-corrected chi connectivity index (χ2v) is 15.6. The number of carboxylic acid groups (broad SMARTS) is 1. The molecule has 298 valence electrons. The molecule has 10 nitrogen and oxygen atoms in total. The van der Waals surface area contributed by atoms with E-state index >= 15 is 0 Å². The molecule has 0 bridgehead atoms. The van der Waals surface area contributed by atoms with Gasteiger partial charge in [0.1, 0.15) is 12.1 Å². The van der Waals surface area contributed by atoms with E-state index in [0.717, 1.165) is 38.5 Å². The van der Waals surface area contributed by atoms with E-state index < -0.39 is 45.1 Å². The number of phosphoric acid groups is 1. The predicted molar refractivity (Wildman–Crippen MR) is 203 cm³/mol.